The Hall–Kier alpha value is -5.39. The Morgan fingerprint density at radius 3 is 2.19 bits per heavy atom. The minimum Gasteiger partial charge on any atom is -0.278 e. The van der Waals surface area contributed by atoms with Crippen molar-refractivity contribution >= 4 is 59.6 Å². The Kier molecular flexibility index (Phi) is 4.07. The van der Waals surface area contributed by atoms with Gasteiger partial charge in [0, 0.05) is 42.2 Å². The highest BCUT2D eigenvalue weighted by molar-refractivity contribution is 7.25. The summed E-state index contributed by atoms with van der Waals surface area (Å²) in [5.41, 5.74) is 4.50. The first-order valence-electron chi connectivity index (χ1n) is 16.1. The predicted octanol–water partition coefficient (Wildman–Crippen LogP) is 10.2. The lowest BCUT2D eigenvalue weighted by Gasteiger charge is -2.32. The molecule has 0 aliphatic carbocycles. The van der Waals surface area contributed by atoms with Crippen LogP contribution in [0.4, 0.5) is 17.3 Å². The summed E-state index contributed by atoms with van der Waals surface area (Å²) in [5, 5.41) is 4.41. The average Bonchev–Trinajstić information content (AvgIpc) is 3.48. The number of nitrogens with zero attached hydrogens (tertiary/aromatic N) is 4. The number of rotatable bonds is 3. The second kappa shape index (κ2) is 9.06. The van der Waals surface area contributed by atoms with Gasteiger partial charge < -0.3 is 0 Å². The summed E-state index contributed by atoms with van der Waals surface area (Å²) in [4.78, 5) is 16.7. The first-order chi connectivity index (χ1) is 22.9. The number of aromatic nitrogens is 3. The summed E-state index contributed by atoms with van der Waals surface area (Å²) in [7, 11) is 0. The van der Waals surface area contributed by atoms with Gasteiger partial charge >= 0.3 is 0 Å². The van der Waals surface area contributed by atoms with E-state index in [2.05, 4.69) is 48.5 Å². The fourth-order valence-electron chi connectivity index (χ4n) is 5.91. The molecule has 196 valence electrons. The summed E-state index contributed by atoms with van der Waals surface area (Å²) in [6.45, 7) is 0. The maximum absolute atomic E-state index is 8.75. The lowest BCUT2D eigenvalue weighted by molar-refractivity contribution is 1.02. The Morgan fingerprint density at radius 2 is 1.29 bits per heavy atom. The molecule has 0 bridgehead atoms. The molecule has 1 aliphatic rings. The number of thiophene rings is 1. The van der Waals surface area contributed by atoms with E-state index in [4.69, 9.17) is 21.8 Å². The molecule has 0 saturated carbocycles. The summed E-state index contributed by atoms with van der Waals surface area (Å²) in [6, 6.07) is 32.6. The molecule has 6 aromatic carbocycles. The van der Waals surface area contributed by atoms with Crippen molar-refractivity contribution in [2.24, 2.45) is 0 Å². The molecule has 0 unspecified atom stereocenters. The van der Waals surface area contributed by atoms with E-state index >= 15 is 0 Å². The first-order valence-corrected chi connectivity index (χ1v) is 14.4. The highest BCUT2D eigenvalue weighted by Gasteiger charge is 2.28. The molecule has 0 spiro atoms. The summed E-state index contributed by atoms with van der Waals surface area (Å²) < 4.78 is 44.6. The Labute approximate surface area is 253 Å². The number of fused-ring (bicyclic) bond motifs is 5. The summed E-state index contributed by atoms with van der Waals surface area (Å²) in [5.74, 6) is 0.615. The highest BCUT2D eigenvalue weighted by Crippen LogP contribution is 2.50. The molecular weight excluding hydrogens is 533 g/mol. The number of para-hydroxylation sites is 1. The van der Waals surface area contributed by atoms with Crippen LogP contribution in [0.5, 0.6) is 0 Å². The van der Waals surface area contributed by atoms with E-state index in [-0.39, 0.29) is 29.4 Å². The lowest BCUT2D eigenvalue weighted by atomic mass is 9.91. The van der Waals surface area contributed by atoms with Crippen LogP contribution in [-0.4, -0.2) is 15.0 Å². The van der Waals surface area contributed by atoms with Gasteiger partial charge in [-0.2, -0.15) is 9.97 Å². The van der Waals surface area contributed by atoms with E-state index in [1.54, 1.807) is 11.3 Å². The van der Waals surface area contributed by atoms with Gasteiger partial charge in [-0.25, -0.2) is 4.98 Å². The van der Waals surface area contributed by atoms with Crippen LogP contribution >= 0.6 is 11.3 Å². The average molecular weight is 560 g/mol. The third-order valence-electron chi connectivity index (χ3n) is 7.74. The van der Waals surface area contributed by atoms with Gasteiger partial charge in [0.15, 0.2) is 11.6 Å². The molecule has 0 atom stereocenters. The zero-order chi connectivity index (χ0) is 32.0. The van der Waals surface area contributed by atoms with Gasteiger partial charge in [0.05, 0.1) is 18.2 Å². The van der Waals surface area contributed by atoms with Crippen LogP contribution in [0, 0.1) is 0 Å². The quantitative estimate of drug-likeness (QED) is 0.216. The number of hydrogen-bond acceptors (Lipinski definition) is 5. The monoisotopic (exact) mass is 559 g/mol. The fraction of sp³-hybridized carbons (Fsp3) is 0. The smallest absolute Gasteiger partial charge is 0.238 e. The van der Waals surface area contributed by atoms with Crippen LogP contribution in [0.2, 0.25) is 0 Å². The van der Waals surface area contributed by atoms with Gasteiger partial charge in [0.25, 0.3) is 0 Å². The predicted molar refractivity (Wildman–Crippen MR) is 175 cm³/mol. The van der Waals surface area contributed by atoms with Crippen molar-refractivity contribution < 1.29 is 6.85 Å². The topological polar surface area (TPSA) is 41.9 Å². The van der Waals surface area contributed by atoms with Crippen LogP contribution in [0.15, 0.2) is 133 Å². The van der Waals surface area contributed by atoms with Crippen LogP contribution < -0.4 is 4.90 Å². The zero-order valence-electron chi connectivity index (χ0n) is 27.0. The molecule has 9 rings (SSSR count). The zero-order valence-corrected chi connectivity index (χ0v) is 22.8. The first kappa shape index (κ1) is 18.9. The van der Waals surface area contributed by atoms with Crippen LogP contribution in [0.25, 0.3) is 64.8 Å². The molecule has 0 N–H and O–H groups in total. The molecule has 0 saturated heterocycles. The van der Waals surface area contributed by atoms with Gasteiger partial charge in [-0.3, -0.25) is 4.90 Å². The van der Waals surface area contributed by atoms with E-state index in [9.17, 15) is 0 Å². The van der Waals surface area contributed by atoms with E-state index < -0.39 is 18.1 Å². The normalized spacial score (nSPS) is 13.9. The van der Waals surface area contributed by atoms with E-state index in [0.29, 0.717) is 5.82 Å². The molecule has 3 heterocycles. The van der Waals surface area contributed by atoms with E-state index in [0.717, 1.165) is 48.9 Å². The molecule has 2 aromatic heterocycles. The van der Waals surface area contributed by atoms with Gasteiger partial charge in [0.1, 0.15) is 0 Å². The minimum atomic E-state index is -0.471. The van der Waals surface area contributed by atoms with Crippen molar-refractivity contribution in [2.75, 3.05) is 4.90 Å². The fourth-order valence-corrected chi connectivity index (χ4v) is 7.05. The Bertz CT molecular complexity index is 2580. The molecule has 0 amide bonds. The largest absolute Gasteiger partial charge is 0.278 e. The van der Waals surface area contributed by atoms with Gasteiger partial charge in [-0.15, -0.1) is 11.3 Å². The minimum absolute atomic E-state index is 0.00181. The van der Waals surface area contributed by atoms with Gasteiger partial charge in [-0.05, 0) is 35.2 Å². The number of benzene rings is 6. The van der Waals surface area contributed by atoms with Crippen molar-refractivity contribution in [1.82, 2.24) is 15.0 Å². The van der Waals surface area contributed by atoms with Gasteiger partial charge in [0.2, 0.25) is 5.95 Å². The Balaban J connectivity index is 1.35. The molecule has 8 aromatic rings. The third kappa shape index (κ3) is 3.51. The second-order valence-corrected chi connectivity index (χ2v) is 11.2. The Morgan fingerprint density at radius 1 is 0.571 bits per heavy atom. The van der Waals surface area contributed by atoms with Crippen molar-refractivity contribution in [2.45, 2.75) is 0 Å². The van der Waals surface area contributed by atoms with Crippen LogP contribution in [-0.2, 0) is 0 Å². The van der Waals surface area contributed by atoms with Crippen molar-refractivity contribution in [3.05, 3.63) is 133 Å². The molecule has 0 radical (unpaired) electrons. The van der Waals surface area contributed by atoms with Crippen molar-refractivity contribution in [1.29, 1.82) is 0 Å². The van der Waals surface area contributed by atoms with Crippen molar-refractivity contribution in [3.8, 4) is 33.9 Å². The molecular formula is C37H22N4S. The molecule has 5 heteroatoms. The maximum atomic E-state index is 8.75. The van der Waals surface area contributed by atoms with E-state index in [1.165, 1.54) is 10.1 Å². The number of hydrogen-bond donors (Lipinski definition) is 0. The molecule has 1 aliphatic heterocycles. The maximum Gasteiger partial charge on any atom is 0.238 e. The summed E-state index contributed by atoms with van der Waals surface area (Å²) in [6.07, 6.45) is 0. The highest BCUT2D eigenvalue weighted by atomic mass is 32.1. The van der Waals surface area contributed by atoms with Crippen LogP contribution in [0.3, 0.4) is 0 Å². The molecule has 0 fully saturated rings. The van der Waals surface area contributed by atoms with Crippen LogP contribution in [0.1, 0.15) is 6.85 Å². The second-order valence-electron chi connectivity index (χ2n) is 10.1. The summed E-state index contributed by atoms with van der Waals surface area (Å²) >= 11 is 1.68. The third-order valence-corrected chi connectivity index (χ3v) is 8.88. The van der Waals surface area contributed by atoms with E-state index in [1.807, 2.05) is 59.5 Å². The molecule has 4 nitrogen and oxygen atoms in total. The number of anilines is 3. The SMILES string of the molecule is [2H]c1c([2H])c([2H])c(-c2nc(-c3ccc4c(c3)sc3ccccc34)nc(N3c4ccccc4-c4cccc5cccc3c45)n2)c([2H])c1[2H]. The van der Waals surface area contributed by atoms with Crippen molar-refractivity contribution in [3.63, 3.8) is 0 Å². The standard InChI is InChI=1S/C37H22N4S/c1-2-10-24(11-3-1)35-38-36(25-20-21-28-27-15-5-7-19-32(27)42-33(28)22-25)40-37(39-35)41-30-17-6-4-14-26(30)29-16-8-12-23-13-9-18-31(41)34(23)29/h1-22H/i1D,2D,3D,10D,11D. The van der Waals surface area contributed by atoms with Gasteiger partial charge in [-0.1, -0.05) is 109 Å². The lowest BCUT2D eigenvalue weighted by Crippen LogP contribution is -2.18. The molecule has 42 heavy (non-hydrogen) atoms.